The van der Waals surface area contributed by atoms with E-state index in [0.29, 0.717) is 12.1 Å². The van der Waals surface area contributed by atoms with Gasteiger partial charge in [0.1, 0.15) is 0 Å². The van der Waals surface area contributed by atoms with Crippen LogP contribution in [0.15, 0.2) is 36.7 Å². The van der Waals surface area contributed by atoms with Crippen LogP contribution in [0.25, 0.3) is 5.69 Å². The van der Waals surface area contributed by atoms with Crippen LogP contribution in [0.1, 0.15) is 13.3 Å². The minimum atomic E-state index is -0.475. The molecule has 0 spiro atoms. The maximum absolute atomic E-state index is 11.6. The second-order valence-corrected chi connectivity index (χ2v) is 3.87. The van der Waals surface area contributed by atoms with Gasteiger partial charge in [-0.3, -0.25) is 4.79 Å². The topological polar surface area (TPSA) is 85.8 Å². The molecular formula is C12H15N5O. The number of hydrogen-bond donors (Lipinski definition) is 2. The van der Waals surface area contributed by atoms with Gasteiger partial charge < -0.3 is 11.1 Å². The molecule has 0 saturated carbocycles. The standard InChI is InChI=1S/C12H15N5O/c1-2-11(13)12(18)16-9-3-5-10(6-4-9)17-14-7-8-15-17/h3-8,11H,2,13H2,1H3,(H,16,18). The molecule has 0 bridgehead atoms. The maximum Gasteiger partial charge on any atom is 0.241 e. The third-order valence-corrected chi connectivity index (χ3v) is 2.56. The molecule has 0 fully saturated rings. The Morgan fingerprint density at radius 1 is 1.33 bits per heavy atom. The van der Waals surface area contributed by atoms with Gasteiger partial charge in [0.05, 0.1) is 24.1 Å². The lowest BCUT2D eigenvalue weighted by atomic mass is 10.2. The highest BCUT2D eigenvalue weighted by Crippen LogP contribution is 2.12. The van der Waals surface area contributed by atoms with Gasteiger partial charge in [0.25, 0.3) is 0 Å². The fraction of sp³-hybridized carbons (Fsp3) is 0.250. The van der Waals surface area contributed by atoms with E-state index in [0.717, 1.165) is 5.69 Å². The molecule has 1 aromatic carbocycles. The van der Waals surface area contributed by atoms with Crippen LogP contribution in [0, 0.1) is 0 Å². The van der Waals surface area contributed by atoms with E-state index >= 15 is 0 Å². The summed E-state index contributed by atoms with van der Waals surface area (Å²) in [6.45, 7) is 1.87. The third kappa shape index (κ3) is 2.72. The van der Waals surface area contributed by atoms with Gasteiger partial charge in [0, 0.05) is 5.69 Å². The fourth-order valence-corrected chi connectivity index (χ4v) is 1.45. The van der Waals surface area contributed by atoms with Crippen LogP contribution >= 0.6 is 0 Å². The Morgan fingerprint density at radius 2 is 1.94 bits per heavy atom. The minimum Gasteiger partial charge on any atom is -0.325 e. The molecule has 2 rings (SSSR count). The zero-order valence-corrected chi connectivity index (χ0v) is 10.1. The molecular weight excluding hydrogens is 230 g/mol. The second kappa shape index (κ2) is 5.42. The van der Waals surface area contributed by atoms with Crippen molar-refractivity contribution in [3.8, 4) is 5.69 Å². The normalized spacial score (nSPS) is 12.1. The molecule has 3 N–H and O–H groups in total. The first-order valence-electron chi connectivity index (χ1n) is 5.74. The molecule has 1 unspecified atom stereocenters. The highest BCUT2D eigenvalue weighted by atomic mass is 16.2. The molecule has 0 aliphatic heterocycles. The van der Waals surface area contributed by atoms with Crippen LogP contribution in [0.4, 0.5) is 5.69 Å². The number of nitrogens with two attached hydrogens (primary N) is 1. The van der Waals surface area contributed by atoms with Crippen molar-refractivity contribution in [3.63, 3.8) is 0 Å². The molecule has 6 nitrogen and oxygen atoms in total. The number of nitrogens with one attached hydrogen (secondary N) is 1. The predicted octanol–water partition coefficient (Wildman–Crippen LogP) is 0.943. The zero-order chi connectivity index (χ0) is 13.0. The summed E-state index contributed by atoms with van der Waals surface area (Å²) in [5.74, 6) is -0.178. The summed E-state index contributed by atoms with van der Waals surface area (Å²) in [5.41, 5.74) is 7.17. The SMILES string of the molecule is CCC(N)C(=O)Nc1ccc(-n2nccn2)cc1. The molecule has 2 aromatic rings. The molecule has 1 heterocycles. The van der Waals surface area contributed by atoms with Gasteiger partial charge in [-0.25, -0.2) is 0 Å². The highest BCUT2D eigenvalue weighted by Gasteiger charge is 2.10. The summed E-state index contributed by atoms with van der Waals surface area (Å²) in [5, 5.41) is 10.8. The Labute approximate surface area is 105 Å². The average Bonchev–Trinajstić information content (AvgIpc) is 2.92. The minimum absolute atomic E-state index is 0.178. The van der Waals surface area contributed by atoms with Gasteiger partial charge >= 0.3 is 0 Å². The summed E-state index contributed by atoms with van der Waals surface area (Å²) in [6.07, 6.45) is 3.83. The number of anilines is 1. The van der Waals surface area contributed by atoms with Crippen molar-refractivity contribution in [3.05, 3.63) is 36.7 Å². The van der Waals surface area contributed by atoms with Crippen molar-refractivity contribution >= 4 is 11.6 Å². The zero-order valence-electron chi connectivity index (χ0n) is 10.1. The van der Waals surface area contributed by atoms with Crippen LogP contribution in [0.3, 0.4) is 0 Å². The molecule has 6 heteroatoms. The summed E-state index contributed by atoms with van der Waals surface area (Å²) in [4.78, 5) is 13.1. The quantitative estimate of drug-likeness (QED) is 0.839. The van der Waals surface area contributed by atoms with Crippen LogP contribution in [0.2, 0.25) is 0 Å². The Kier molecular flexibility index (Phi) is 3.69. The monoisotopic (exact) mass is 245 g/mol. The largest absolute Gasteiger partial charge is 0.325 e. The van der Waals surface area contributed by atoms with E-state index in [9.17, 15) is 4.79 Å². The number of aromatic nitrogens is 3. The summed E-state index contributed by atoms with van der Waals surface area (Å²) in [6, 6.07) is 6.76. The summed E-state index contributed by atoms with van der Waals surface area (Å²) in [7, 11) is 0. The van der Waals surface area contributed by atoms with Gasteiger partial charge in [-0.2, -0.15) is 15.0 Å². The highest BCUT2D eigenvalue weighted by molar-refractivity contribution is 5.94. The number of amides is 1. The summed E-state index contributed by atoms with van der Waals surface area (Å²) < 4.78 is 0. The van der Waals surface area contributed by atoms with E-state index in [1.165, 1.54) is 4.80 Å². The van der Waals surface area contributed by atoms with Crippen molar-refractivity contribution in [2.24, 2.45) is 5.73 Å². The Hall–Kier alpha value is -2.21. The Morgan fingerprint density at radius 3 is 2.50 bits per heavy atom. The van der Waals surface area contributed by atoms with Gasteiger partial charge in [-0.15, -0.1) is 0 Å². The fourth-order valence-electron chi connectivity index (χ4n) is 1.45. The first-order chi connectivity index (χ1) is 8.70. The van der Waals surface area contributed by atoms with Crippen molar-refractivity contribution < 1.29 is 4.79 Å². The lowest BCUT2D eigenvalue weighted by Gasteiger charge is -2.10. The number of hydrogen-bond acceptors (Lipinski definition) is 4. The van der Waals surface area contributed by atoms with Gasteiger partial charge in [0.15, 0.2) is 0 Å². The van der Waals surface area contributed by atoms with Crippen molar-refractivity contribution in [1.82, 2.24) is 15.0 Å². The van der Waals surface area contributed by atoms with E-state index in [1.807, 2.05) is 19.1 Å². The Balaban J connectivity index is 2.06. The van der Waals surface area contributed by atoms with Crippen molar-refractivity contribution in [1.29, 1.82) is 0 Å². The molecule has 1 atom stereocenters. The second-order valence-electron chi connectivity index (χ2n) is 3.87. The Bertz CT molecular complexity index is 506. The lowest BCUT2D eigenvalue weighted by Crippen LogP contribution is -2.34. The van der Waals surface area contributed by atoms with E-state index in [-0.39, 0.29) is 5.91 Å². The van der Waals surface area contributed by atoms with E-state index in [2.05, 4.69) is 15.5 Å². The smallest absolute Gasteiger partial charge is 0.241 e. The number of benzene rings is 1. The van der Waals surface area contributed by atoms with Crippen LogP contribution in [0.5, 0.6) is 0 Å². The molecule has 0 aliphatic rings. The van der Waals surface area contributed by atoms with Crippen molar-refractivity contribution in [2.45, 2.75) is 19.4 Å². The molecule has 0 aliphatic carbocycles. The third-order valence-electron chi connectivity index (χ3n) is 2.56. The number of carbonyl (C=O) groups is 1. The average molecular weight is 245 g/mol. The van der Waals surface area contributed by atoms with Crippen LogP contribution in [-0.4, -0.2) is 26.9 Å². The maximum atomic E-state index is 11.6. The van der Waals surface area contributed by atoms with Crippen LogP contribution in [-0.2, 0) is 4.79 Å². The molecule has 94 valence electrons. The van der Waals surface area contributed by atoms with Crippen molar-refractivity contribution in [2.75, 3.05) is 5.32 Å². The summed E-state index contributed by atoms with van der Waals surface area (Å²) >= 11 is 0. The first-order valence-corrected chi connectivity index (χ1v) is 5.74. The van der Waals surface area contributed by atoms with E-state index < -0.39 is 6.04 Å². The first kappa shape index (κ1) is 12.3. The molecule has 1 amide bonds. The van der Waals surface area contributed by atoms with Gasteiger partial charge in [0.2, 0.25) is 5.91 Å². The number of carbonyl (C=O) groups excluding carboxylic acids is 1. The molecule has 0 radical (unpaired) electrons. The molecule has 0 saturated heterocycles. The molecule has 18 heavy (non-hydrogen) atoms. The van der Waals surface area contributed by atoms with Crippen LogP contribution < -0.4 is 11.1 Å². The number of rotatable bonds is 4. The van der Waals surface area contributed by atoms with Gasteiger partial charge in [-0.1, -0.05) is 6.92 Å². The molecule has 1 aromatic heterocycles. The van der Waals surface area contributed by atoms with E-state index in [1.54, 1.807) is 24.5 Å². The number of nitrogens with zero attached hydrogens (tertiary/aromatic N) is 3. The van der Waals surface area contributed by atoms with E-state index in [4.69, 9.17) is 5.73 Å². The predicted molar refractivity (Wildman–Crippen MR) is 68.3 cm³/mol. The van der Waals surface area contributed by atoms with Gasteiger partial charge in [-0.05, 0) is 30.7 Å². The lowest BCUT2D eigenvalue weighted by molar-refractivity contribution is -0.117.